The molecule has 2 aromatic heterocycles. The van der Waals surface area contributed by atoms with Gasteiger partial charge in [0.2, 0.25) is 5.91 Å². The second-order valence-corrected chi connectivity index (χ2v) is 11.9. The Bertz CT molecular complexity index is 1170. The summed E-state index contributed by atoms with van der Waals surface area (Å²) in [6, 6.07) is 13.4. The second kappa shape index (κ2) is 8.40. The van der Waals surface area contributed by atoms with Gasteiger partial charge in [-0.2, -0.15) is 0 Å². The fraction of sp³-hybridized carbons (Fsp3) is 0.381. The Balaban J connectivity index is 1.37. The largest absolute Gasteiger partial charge is 0.308 e. The highest BCUT2D eigenvalue weighted by molar-refractivity contribution is 7.99. The maximum absolute atomic E-state index is 13.3. The van der Waals surface area contributed by atoms with E-state index in [1.807, 2.05) is 47.8 Å². The Morgan fingerprint density at radius 3 is 2.58 bits per heavy atom. The Morgan fingerprint density at radius 2 is 1.94 bits per heavy atom. The molecule has 1 saturated heterocycles. The van der Waals surface area contributed by atoms with Crippen molar-refractivity contribution in [2.24, 2.45) is 0 Å². The Kier molecular flexibility index (Phi) is 5.61. The number of sulfone groups is 1. The first-order valence-corrected chi connectivity index (χ1v) is 13.9. The van der Waals surface area contributed by atoms with E-state index >= 15 is 0 Å². The standard InChI is InChI=1S/C21H22N4O3S3/c26-19(24(15-5-2-1-3-6-15)17-10-12-31(27,28)14-17)13-30-21-23-22-20(18-7-4-11-29-18)25(21)16-8-9-16/h1-7,11,16-17H,8-10,12-14H2. The van der Waals surface area contributed by atoms with Crippen molar-refractivity contribution in [3.8, 4) is 10.7 Å². The summed E-state index contributed by atoms with van der Waals surface area (Å²) in [5.74, 6) is 1.07. The minimum atomic E-state index is -3.11. The molecule has 2 aliphatic rings. The third kappa shape index (κ3) is 4.42. The van der Waals surface area contributed by atoms with Gasteiger partial charge in [0.1, 0.15) is 0 Å². The number of aromatic nitrogens is 3. The Hall–Kier alpha value is -2.17. The van der Waals surface area contributed by atoms with Crippen molar-refractivity contribution >= 4 is 44.5 Å². The molecule has 1 unspecified atom stereocenters. The van der Waals surface area contributed by atoms with Gasteiger partial charge in [-0.25, -0.2) is 8.42 Å². The predicted molar refractivity (Wildman–Crippen MR) is 123 cm³/mol. The summed E-state index contributed by atoms with van der Waals surface area (Å²) in [4.78, 5) is 16.0. The van der Waals surface area contributed by atoms with Crippen LogP contribution < -0.4 is 4.90 Å². The van der Waals surface area contributed by atoms with Gasteiger partial charge in [-0.05, 0) is 42.8 Å². The predicted octanol–water partition coefficient (Wildman–Crippen LogP) is 3.65. The summed E-state index contributed by atoms with van der Waals surface area (Å²) in [6.45, 7) is 0. The molecule has 1 amide bonds. The van der Waals surface area contributed by atoms with Crippen LogP contribution in [0.3, 0.4) is 0 Å². The lowest BCUT2D eigenvalue weighted by atomic mass is 10.2. The molecule has 1 atom stereocenters. The van der Waals surface area contributed by atoms with Gasteiger partial charge in [0, 0.05) is 11.7 Å². The van der Waals surface area contributed by atoms with Crippen molar-refractivity contribution in [1.29, 1.82) is 0 Å². The molecule has 0 spiro atoms. The lowest BCUT2D eigenvalue weighted by Gasteiger charge is -2.28. The number of carbonyl (C=O) groups excluding carboxylic acids is 1. The zero-order valence-corrected chi connectivity index (χ0v) is 19.2. The summed E-state index contributed by atoms with van der Waals surface area (Å²) in [5.41, 5.74) is 0.734. The lowest BCUT2D eigenvalue weighted by Crippen LogP contribution is -2.42. The zero-order chi connectivity index (χ0) is 21.4. The number of hydrogen-bond donors (Lipinski definition) is 0. The molecule has 0 N–H and O–H groups in total. The van der Waals surface area contributed by atoms with Crippen LogP contribution in [0.1, 0.15) is 25.3 Å². The molecule has 0 bridgehead atoms. The second-order valence-electron chi connectivity index (χ2n) is 7.83. The average molecular weight is 475 g/mol. The minimum absolute atomic E-state index is 0.0130. The van der Waals surface area contributed by atoms with Gasteiger partial charge in [-0.1, -0.05) is 36.0 Å². The van der Waals surface area contributed by atoms with Crippen molar-refractivity contribution in [1.82, 2.24) is 14.8 Å². The first kappa shape index (κ1) is 20.7. The molecule has 31 heavy (non-hydrogen) atoms. The van der Waals surface area contributed by atoms with Gasteiger partial charge in [0.15, 0.2) is 20.8 Å². The number of rotatable bonds is 7. The molecule has 1 aliphatic heterocycles. The molecule has 162 valence electrons. The monoisotopic (exact) mass is 474 g/mol. The molecule has 1 aliphatic carbocycles. The van der Waals surface area contributed by atoms with Crippen LogP contribution in [0.4, 0.5) is 5.69 Å². The molecule has 10 heteroatoms. The van der Waals surface area contributed by atoms with Crippen LogP contribution in [0.5, 0.6) is 0 Å². The van der Waals surface area contributed by atoms with E-state index in [1.165, 1.54) is 11.8 Å². The Morgan fingerprint density at radius 1 is 1.13 bits per heavy atom. The first-order valence-electron chi connectivity index (χ1n) is 10.2. The fourth-order valence-electron chi connectivity index (χ4n) is 3.93. The molecular formula is C21H22N4O3S3. The maximum Gasteiger partial charge on any atom is 0.237 e. The van der Waals surface area contributed by atoms with Crippen LogP contribution in [0, 0.1) is 0 Å². The van der Waals surface area contributed by atoms with Gasteiger partial charge < -0.3 is 4.90 Å². The topological polar surface area (TPSA) is 85.2 Å². The van der Waals surface area contributed by atoms with E-state index in [9.17, 15) is 13.2 Å². The van der Waals surface area contributed by atoms with Gasteiger partial charge in [-0.15, -0.1) is 21.5 Å². The number of para-hydroxylation sites is 1. The van der Waals surface area contributed by atoms with E-state index in [-0.39, 0.29) is 29.2 Å². The van der Waals surface area contributed by atoms with Crippen LogP contribution in [0.25, 0.3) is 10.7 Å². The Labute approximate surface area is 189 Å². The van der Waals surface area contributed by atoms with Crippen LogP contribution in [-0.2, 0) is 14.6 Å². The van der Waals surface area contributed by atoms with Crippen molar-refractivity contribution < 1.29 is 13.2 Å². The lowest BCUT2D eigenvalue weighted by molar-refractivity contribution is -0.116. The highest BCUT2D eigenvalue weighted by Crippen LogP contribution is 2.42. The fourth-order valence-corrected chi connectivity index (χ4v) is 7.20. The highest BCUT2D eigenvalue weighted by Gasteiger charge is 2.36. The first-order chi connectivity index (χ1) is 15.0. The quantitative estimate of drug-likeness (QED) is 0.486. The van der Waals surface area contributed by atoms with Gasteiger partial charge in [0.25, 0.3) is 0 Å². The number of anilines is 1. The summed E-state index contributed by atoms with van der Waals surface area (Å²) in [5, 5.41) is 11.5. The third-order valence-corrected chi connectivity index (χ3v) is 9.06. The number of nitrogens with zero attached hydrogens (tertiary/aromatic N) is 4. The van der Waals surface area contributed by atoms with E-state index in [1.54, 1.807) is 16.2 Å². The van der Waals surface area contributed by atoms with Gasteiger partial charge >= 0.3 is 0 Å². The molecule has 0 radical (unpaired) electrons. The number of thiophene rings is 1. The zero-order valence-electron chi connectivity index (χ0n) is 16.8. The van der Waals surface area contributed by atoms with E-state index < -0.39 is 9.84 Å². The number of benzene rings is 1. The summed E-state index contributed by atoms with van der Waals surface area (Å²) >= 11 is 3.00. The normalized spacial score (nSPS) is 20.1. The summed E-state index contributed by atoms with van der Waals surface area (Å²) in [6.07, 6.45) is 2.65. The van der Waals surface area contributed by atoms with Gasteiger partial charge in [-0.3, -0.25) is 9.36 Å². The van der Waals surface area contributed by atoms with E-state index in [0.29, 0.717) is 12.5 Å². The van der Waals surface area contributed by atoms with Crippen molar-refractivity contribution in [3.05, 3.63) is 47.8 Å². The summed E-state index contributed by atoms with van der Waals surface area (Å²) in [7, 11) is -3.11. The smallest absolute Gasteiger partial charge is 0.237 e. The van der Waals surface area contributed by atoms with Gasteiger partial charge in [0.05, 0.1) is 28.2 Å². The molecule has 1 aromatic carbocycles. The SMILES string of the molecule is O=C(CSc1nnc(-c2cccs2)n1C1CC1)N(c1ccccc1)C1CCS(=O)(=O)C1. The van der Waals surface area contributed by atoms with Crippen molar-refractivity contribution in [2.45, 2.75) is 36.5 Å². The van der Waals surface area contributed by atoms with Crippen molar-refractivity contribution in [3.63, 3.8) is 0 Å². The minimum Gasteiger partial charge on any atom is -0.308 e. The van der Waals surface area contributed by atoms with E-state index in [4.69, 9.17) is 0 Å². The van der Waals surface area contributed by atoms with E-state index in [0.717, 1.165) is 34.4 Å². The maximum atomic E-state index is 13.3. The molecule has 1 saturated carbocycles. The van der Waals surface area contributed by atoms with Crippen LogP contribution in [0.15, 0.2) is 53.0 Å². The molecular weight excluding hydrogens is 452 g/mol. The van der Waals surface area contributed by atoms with E-state index in [2.05, 4.69) is 14.8 Å². The molecule has 7 nitrogen and oxygen atoms in total. The molecule has 2 fully saturated rings. The van der Waals surface area contributed by atoms with Crippen molar-refractivity contribution in [2.75, 3.05) is 22.2 Å². The van der Waals surface area contributed by atoms with Crippen LogP contribution in [-0.4, -0.2) is 52.4 Å². The summed E-state index contributed by atoms with van der Waals surface area (Å²) < 4.78 is 26.3. The number of thioether (sulfide) groups is 1. The highest BCUT2D eigenvalue weighted by atomic mass is 32.2. The van der Waals surface area contributed by atoms with Crippen LogP contribution in [0.2, 0.25) is 0 Å². The number of amides is 1. The molecule has 5 rings (SSSR count). The number of hydrogen-bond acceptors (Lipinski definition) is 7. The molecule has 3 heterocycles. The average Bonchev–Trinajstić information content (AvgIpc) is 3.14. The van der Waals surface area contributed by atoms with Crippen LogP contribution >= 0.6 is 23.1 Å². The third-order valence-electron chi connectivity index (χ3n) is 5.52. The molecule has 3 aromatic rings. The number of carbonyl (C=O) groups is 1.